The summed E-state index contributed by atoms with van der Waals surface area (Å²) in [5.74, 6) is 0.809. The van der Waals surface area contributed by atoms with E-state index in [2.05, 4.69) is 25.9 Å². The number of halogens is 3. The van der Waals surface area contributed by atoms with Crippen molar-refractivity contribution < 1.29 is 0 Å². The number of rotatable bonds is 3. The molecule has 1 aromatic heterocycles. The van der Waals surface area contributed by atoms with Crippen molar-refractivity contribution in [1.82, 2.24) is 9.97 Å². The second-order valence-electron chi connectivity index (χ2n) is 3.20. The molecule has 2 nitrogen and oxygen atoms in total. The molecular formula is C11H7BrCl2N2S. The molecule has 0 bridgehead atoms. The zero-order chi connectivity index (χ0) is 12.3. The van der Waals surface area contributed by atoms with Crippen LogP contribution in [0.2, 0.25) is 10.2 Å². The third kappa shape index (κ3) is 3.58. The number of hydrogen-bond donors (Lipinski definition) is 0. The van der Waals surface area contributed by atoms with Crippen molar-refractivity contribution in [3.05, 3.63) is 50.8 Å². The number of hydrogen-bond acceptors (Lipinski definition) is 3. The Morgan fingerprint density at radius 3 is 2.53 bits per heavy atom. The smallest absolute Gasteiger partial charge is 0.147 e. The summed E-state index contributed by atoms with van der Waals surface area (Å²) >= 11 is 16.7. The van der Waals surface area contributed by atoms with E-state index < -0.39 is 0 Å². The Morgan fingerprint density at radius 2 is 1.82 bits per heavy atom. The van der Waals surface area contributed by atoms with E-state index in [0.717, 1.165) is 20.3 Å². The highest BCUT2D eigenvalue weighted by atomic mass is 79.9. The van der Waals surface area contributed by atoms with Crippen LogP contribution in [0, 0.1) is 0 Å². The average Bonchev–Trinajstić information content (AvgIpc) is 2.33. The third-order valence-electron chi connectivity index (χ3n) is 2.00. The summed E-state index contributed by atoms with van der Waals surface area (Å²) < 4.78 is 0.737. The Labute approximate surface area is 122 Å². The van der Waals surface area contributed by atoms with Crippen LogP contribution in [0.25, 0.3) is 0 Å². The lowest BCUT2D eigenvalue weighted by molar-refractivity contribution is 1.02. The first kappa shape index (κ1) is 13.1. The van der Waals surface area contributed by atoms with Gasteiger partial charge >= 0.3 is 0 Å². The fraction of sp³-hybridized carbons (Fsp3) is 0.0909. The van der Waals surface area contributed by atoms with Gasteiger partial charge in [-0.1, -0.05) is 35.3 Å². The molecular weight excluding hydrogens is 343 g/mol. The van der Waals surface area contributed by atoms with Crippen LogP contribution in [0.15, 0.2) is 40.1 Å². The molecule has 0 saturated heterocycles. The Kier molecular flexibility index (Phi) is 4.68. The molecule has 0 spiro atoms. The molecule has 0 unspecified atom stereocenters. The minimum Gasteiger partial charge on any atom is -0.229 e. The summed E-state index contributed by atoms with van der Waals surface area (Å²) in [5.41, 5.74) is 1.18. The molecule has 0 atom stereocenters. The number of aromatic nitrogens is 2. The Hall–Kier alpha value is -0.290. The summed E-state index contributed by atoms with van der Waals surface area (Å²) in [4.78, 5) is 8.05. The molecule has 0 radical (unpaired) electrons. The van der Waals surface area contributed by atoms with Crippen LogP contribution in [0.1, 0.15) is 5.56 Å². The van der Waals surface area contributed by atoms with Gasteiger partial charge in [-0.2, -0.15) is 0 Å². The van der Waals surface area contributed by atoms with Gasteiger partial charge in [0.2, 0.25) is 0 Å². The summed E-state index contributed by atoms with van der Waals surface area (Å²) in [7, 11) is 0. The largest absolute Gasteiger partial charge is 0.229 e. The highest BCUT2D eigenvalue weighted by Gasteiger charge is 2.07. The van der Waals surface area contributed by atoms with Crippen LogP contribution < -0.4 is 0 Å². The average molecular weight is 350 g/mol. The van der Waals surface area contributed by atoms with Crippen LogP contribution in [0.5, 0.6) is 0 Å². The Bertz CT molecular complexity index is 519. The van der Waals surface area contributed by atoms with Gasteiger partial charge in [-0.25, -0.2) is 9.97 Å². The molecule has 0 aliphatic heterocycles. The molecule has 2 rings (SSSR count). The second kappa shape index (κ2) is 6.05. The third-order valence-corrected chi connectivity index (χ3v) is 4.84. The maximum absolute atomic E-state index is 5.89. The van der Waals surface area contributed by atoms with Crippen molar-refractivity contribution in [2.75, 3.05) is 0 Å². The van der Waals surface area contributed by atoms with Crippen LogP contribution in [-0.2, 0) is 5.75 Å². The summed E-state index contributed by atoms with van der Waals surface area (Å²) in [6.07, 6.45) is 1.46. The molecule has 0 amide bonds. The molecule has 0 aliphatic carbocycles. The topological polar surface area (TPSA) is 25.8 Å². The zero-order valence-corrected chi connectivity index (χ0v) is 12.4. The number of thioether (sulfide) groups is 1. The molecule has 0 aliphatic rings. The molecule has 1 aromatic carbocycles. The van der Waals surface area contributed by atoms with E-state index in [0.29, 0.717) is 5.15 Å². The minimum atomic E-state index is 0.429. The molecule has 2 aromatic rings. The second-order valence-corrected chi connectivity index (χ2v) is 5.75. The number of benzene rings is 1. The zero-order valence-electron chi connectivity index (χ0n) is 8.53. The minimum absolute atomic E-state index is 0.429. The van der Waals surface area contributed by atoms with E-state index in [9.17, 15) is 0 Å². The molecule has 88 valence electrons. The first-order valence-electron chi connectivity index (χ1n) is 4.70. The van der Waals surface area contributed by atoms with Gasteiger partial charge in [0.1, 0.15) is 16.5 Å². The molecule has 1 heterocycles. The number of nitrogens with zero attached hydrogens (tertiary/aromatic N) is 2. The van der Waals surface area contributed by atoms with Crippen molar-refractivity contribution in [2.45, 2.75) is 10.8 Å². The van der Waals surface area contributed by atoms with E-state index in [1.54, 1.807) is 11.8 Å². The lowest BCUT2D eigenvalue weighted by Crippen LogP contribution is -1.87. The standard InChI is InChI=1S/C11H7BrCl2N2S/c12-9-10(14)15-6-16-11(9)17-5-7-1-3-8(13)4-2-7/h1-4,6H,5H2. The maximum atomic E-state index is 5.89. The van der Waals surface area contributed by atoms with Gasteiger partial charge in [-0.05, 0) is 33.6 Å². The predicted molar refractivity (Wildman–Crippen MR) is 75.8 cm³/mol. The van der Waals surface area contributed by atoms with Gasteiger partial charge in [0.05, 0.1) is 4.47 Å². The van der Waals surface area contributed by atoms with Crippen molar-refractivity contribution in [3.63, 3.8) is 0 Å². The Morgan fingerprint density at radius 1 is 1.12 bits per heavy atom. The van der Waals surface area contributed by atoms with Crippen LogP contribution in [-0.4, -0.2) is 9.97 Å². The maximum Gasteiger partial charge on any atom is 0.147 e. The van der Waals surface area contributed by atoms with Crippen molar-refractivity contribution >= 4 is 50.9 Å². The lowest BCUT2D eigenvalue weighted by atomic mass is 10.2. The lowest BCUT2D eigenvalue weighted by Gasteiger charge is -2.04. The molecule has 0 fully saturated rings. The monoisotopic (exact) mass is 348 g/mol. The predicted octanol–water partition coefficient (Wildman–Crippen LogP) is 4.84. The van der Waals surface area contributed by atoms with Gasteiger partial charge < -0.3 is 0 Å². The van der Waals surface area contributed by atoms with Gasteiger partial charge in [0.25, 0.3) is 0 Å². The first-order chi connectivity index (χ1) is 8.16. The van der Waals surface area contributed by atoms with Gasteiger partial charge in [-0.15, -0.1) is 11.8 Å². The van der Waals surface area contributed by atoms with E-state index >= 15 is 0 Å². The SMILES string of the molecule is Clc1ccc(CSc2ncnc(Cl)c2Br)cc1. The van der Waals surface area contributed by atoms with Crippen molar-refractivity contribution in [2.24, 2.45) is 0 Å². The molecule has 6 heteroatoms. The van der Waals surface area contributed by atoms with E-state index in [1.165, 1.54) is 11.9 Å². The van der Waals surface area contributed by atoms with Gasteiger partial charge in [0.15, 0.2) is 0 Å². The summed E-state index contributed by atoms with van der Waals surface area (Å²) in [6.45, 7) is 0. The molecule has 0 saturated carbocycles. The van der Waals surface area contributed by atoms with Crippen LogP contribution in [0.3, 0.4) is 0 Å². The van der Waals surface area contributed by atoms with E-state index in [-0.39, 0.29) is 0 Å². The quantitative estimate of drug-likeness (QED) is 0.585. The van der Waals surface area contributed by atoms with Crippen molar-refractivity contribution in [1.29, 1.82) is 0 Å². The van der Waals surface area contributed by atoms with Gasteiger partial charge in [-0.3, -0.25) is 0 Å². The Balaban J connectivity index is 2.07. The first-order valence-corrected chi connectivity index (χ1v) is 7.23. The summed E-state index contributed by atoms with van der Waals surface area (Å²) in [5, 5.41) is 2.00. The highest BCUT2D eigenvalue weighted by molar-refractivity contribution is 9.10. The molecule has 0 N–H and O–H groups in total. The van der Waals surface area contributed by atoms with E-state index in [4.69, 9.17) is 23.2 Å². The summed E-state index contributed by atoms with van der Waals surface area (Å²) in [6, 6.07) is 7.73. The van der Waals surface area contributed by atoms with Crippen LogP contribution >= 0.6 is 50.9 Å². The highest BCUT2D eigenvalue weighted by Crippen LogP contribution is 2.31. The fourth-order valence-electron chi connectivity index (χ4n) is 1.17. The van der Waals surface area contributed by atoms with E-state index in [1.807, 2.05) is 24.3 Å². The molecule has 17 heavy (non-hydrogen) atoms. The van der Waals surface area contributed by atoms with Crippen molar-refractivity contribution in [3.8, 4) is 0 Å². The van der Waals surface area contributed by atoms with Crippen LogP contribution in [0.4, 0.5) is 0 Å². The van der Waals surface area contributed by atoms with Gasteiger partial charge in [0, 0.05) is 10.8 Å². The normalized spacial score (nSPS) is 10.5. The fourth-order valence-corrected chi connectivity index (χ4v) is 2.87.